The molecule has 0 saturated carbocycles. The van der Waals surface area contributed by atoms with Crippen LogP contribution < -0.4 is 10.1 Å². The average molecular weight is 276 g/mol. The number of nitrogens with one attached hydrogen (secondary N) is 1. The van der Waals surface area contributed by atoms with E-state index in [1.807, 2.05) is 37.1 Å². The third-order valence-electron chi connectivity index (χ3n) is 3.86. The Balaban J connectivity index is 2.07. The maximum Gasteiger partial charge on any atom is 0.257 e. The largest absolute Gasteiger partial charge is 0.496 e. The van der Waals surface area contributed by atoms with Crippen LogP contribution in [0.2, 0.25) is 0 Å². The molecular formula is C16H24N2O2. The van der Waals surface area contributed by atoms with Crippen LogP contribution in [-0.2, 0) is 0 Å². The van der Waals surface area contributed by atoms with E-state index in [4.69, 9.17) is 4.74 Å². The smallest absolute Gasteiger partial charge is 0.257 e. The van der Waals surface area contributed by atoms with E-state index in [1.54, 1.807) is 7.11 Å². The van der Waals surface area contributed by atoms with Gasteiger partial charge in [-0.15, -0.1) is 0 Å². The van der Waals surface area contributed by atoms with Gasteiger partial charge in [-0.25, -0.2) is 0 Å². The van der Waals surface area contributed by atoms with Gasteiger partial charge in [0, 0.05) is 13.6 Å². The Labute approximate surface area is 121 Å². The lowest BCUT2D eigenvalue weighted by atomic mass is 9.99. The highest BCUT2D eigenvalue weighted by Gasteiger charge is 2.21. The zero-order chi connectivity index (χ0) is 14.5. The maximum atomic E-state index is 12.6. The van der Waals surface area contributed by atoms with Crippen LogP contribution in [0.15, 0.2) is 18.2 Å². The van der Waals surface area contributed by atoms with Crippen LogP contribution in [0.25, 0.3) is 0 Å². The first-order valence-electron chi connectivity index (χ1n) is 7.22. The summed E-state index contributed by atoms with van der Waals surface area (Å²) in [5, 5.41) is 3.39. The number of nitrogens with zero attached hydrogens (tertiary/aromatic N) is 1. The number of hydrogen-bond donors (Lipinski definition) is 1. The molecule has 1 amide bonds. The highest BCUT2D eigenvalue weighted by Crippen LogP contribution is 2.22. The number of benzene rings is 1. The van der Waals surface area contributed by atoms with E-state index in [0.717, 1.165) is 25.2 Å². The van der Waals surface area contributed by atoms with Crippen LogP contribution in [0.4, 0.5) is 0 Å². The van der Waals surface area contributed by atoms with Crippen molar-refractivity contribution < 1.29 is 9.53 Å². The summed E-state index contributed by atoms with van der Waals surface area (Å²) in [4.78, 5) is 14.4. The van der Waals surface area contributed by atoms with Gasteiger partial charge in [0.25, 0.3) is 5.91 Å². The SMILES string of the molecule is COc1ccc(C)cc1C(=O)N(C)CC1CCCNC1. The van der Waals surface area contributed by atoms with Crippen molar-refractivity contribution in [1.82, 2.24) is 10.2 Å². The first-order valence-corrected chi connectivity index (χ1v) is 7.22. The van der Waals surface area contributed by atoms with Gasteiger partial charge < -0.3 is 15.0 Å². The van der Waals surface area contributed by atoms with E-state index < -0.39 is 0 Å². The molecule has 0 radical (unpaired) electrons. The Morgan fingerprint density at radius 3 is 2.95 bits per heavy atom. The topological polar surface area (TPSA) is 41.6 Å². The zero-order valence-electron chi connectivity index (χ0n) is 12.6. The number of carbonyl (C=O) groups excluding carboxylic acids is 1. The average Bonchev–Trinajstić information content (AvgIpc) is 2.47. The third kappa shape index (κ3) is 3.51. The van der Waals surface area contributed by atoms with E-state index in [0.29, 0.717) is 17.2 Å². The molecule has 1 fully saturated rings. The molecule has 2 rings (SSSR count). The van der Waals surface area contributed by atoms with Gasteiger partial charge in [-0.3, -0.25) is 4.79 Å². The van der Waals surface area contributed by atoms with Crippen LogP contribution >= 0.6 is 0 Å². The summed E-state index contributed by atoms with van der Waals surface area (Å²) in [7, 11) is 3.48. The van der Waals surface area contributed by atoms with Crippen LogP contribution in [0.3, 0.4) is 0 Å². The van der Waals surface area contributed by atoms with E-state index in [1.165, 1.54) is 12.8 Å². The summed E-state index contributed by atoms with van der Waals surface area (Å²) in [6.07, 6.45) is 2.38. The Morgan fingerprint density at radius 1 is 1.50 bits per heavy atom. The Bertz CT molecular complexity index is 468. The summed E-state index contributed by atoms with van der Waals surface area (Å²) in [6, 6.07) is 5.72. The molecule has 1 aromatic rings. The van der Waals surface area contributed by atoms with Crippen LogP contribution in [0, 0.1) is 12.8 Å². The fraction of sp³-hybridized carbons (Fsp3) is 0.562. The van der Waals surface area contributed by atoms with Crippen LogP contribution in [0.5, 0.6) is 5.75 Å². The predicted molar refractivity (Wildman–Crippen MR) is 80.3 cm³/mol. The number of hydrogen-bond acceptors (Lipinski definition) is 3. The Hall–Kier alpha value is -1.55. The minimum atomic E-state index is 0.0381. The highest BCUT2D eigenvalue weighted by atomic mass is 16.5. The molecule has 1 unspecified atom stereocenters. The van der Waals surface area contributed by atoms with Gasteiger partial charge in [0.2, 0.25) is 0 Å². The van der Waals surface area contributed by atoms with Gasteiger partial charge in [-0.1, -0.05) is 11.6 Å². The minimum Gasteiger partial charge on any atom is -0.496 e. The fourth-order valence-corrected chi connectivity index (χ4v) is 2.74. The summed E-state index contributed by atoms with van der Waals surface area (Å²) in [6.45, 7) is 4.88. The van der Waals surface area contributed by atoms with Crippen molar-refractivity contribution >= 4 is 5.91 Å². The molecule has 4 nitrogen and oxygen atoms in total. The van der Waals surface area contributed by atoms with Crippen molar-refractivity contribution in [3.63, 3.8) is 0 Å². The number of methoxy groups -OCH3 is 1. The number of rotatable bonds is 4. The molecule has 0 bridgehead atoms. The second-order valence-corrected chi connectivity index (χ2v) is 5.60. The molecule has 1 aliphatic heterocycles. The van der Waals surface area contributed by atoms with Gasteiger partial charge in [0.05, 0.1) is 12.7 Å². The molecule has 110 valence electrons. The molecule has 20 heavy (non-hydrogen) atoms. The molecule has 0 spiro atoms. The molecule has 4 heteroatoms. The zero-order valence-corrected chi connectivity index (χ0v) is 12.6. The van der Waals surface area contributed by atoms with Crippen molar-refractivity contribution in [3.05, 3.63) is 29.3 Å². The second kappa shape index (κ2) is 6.75. The molecule has 0 aliphatic carbocycles. The van der Waals surface area contributed by atoms with Crippen molar-refractivity contribution in [3.8, 4) is 5.75 Å². The first-order chi connectivity index (χ1) is 9.61. The summed E-state index contributed by atoms with van der Waals surface area (Å²) >= 11 is 0. The van der Waals surface area contributed by atoms with Crippen LogP contribution in [0.1, 0.15) is 28.8 Å². The molecule has 1 aromatic carbocycles. The predicted octanol–water partition coefficient (Wildman–Crippen LogP) is 2.08. The number of amides is 1. The number of piperidine rings is 1. The lowest BCUT2D eigenvalue weighted by molar-refractivity contribution is 0.0761. The molecular weight excluding hydrogens is 252 g/mol. The lowest BCUT2D eigenvalue weighted by Gasteiger charge is -2.28. The van der Waals surface area contributed by atoms with Crippen molar-refractivity contribution in [2.45, 2.75) is 19.8 Å². The second-order valence-electron chi connectivity index (χ2n) is 5.60. The van der Waals surface area contributed by atoms with Crippen LogP contribution in [-0.4, -0.2) is 44.6 Å². The highest BCUT2D eigenvalue weighted by molar-refractivity contribution is 5.97. The van der Waals surface area contributed by atoms with E-state index in [-0.39, 0.29) is 5.91 Å². The Kier molecular flexibility index (Phi) is 5.01. The van der Waals surface area contributed by atoms with Gasteiger partial charge in [0.1, 0.15) is 5.75 Å². The molecule has 1 atom stereocenters. The molecule has 1 saturated heterocycles. The van der Waals surface area contributed by atoms with Gasteiger partial charge in [0.15, 0.2) is 0 Å². The number of ether oxygens (including phenoxy) is 1. The molecule has 1 aliphatic rings. The summed E-state index contributed by atoms with van der Waals surface area (Å²) < 4.78 is 5.30. The Morgan fingerprint density at radius 2 is 2.30 bits per heavy atom. The number of carbonyl (C=O) groups is 1. The summed E-state index contributed by atoms with van der Waals surface area (Å²) in [5.41, 5.74) is 1.72. The standard InChI is InChI=1S/C16H24N2O2/c1-12-6-7-15(20-3)14(9-12)16(19)18(2)11-13-5-4-8-17-10-13/h6-7,9,13,17H,4-5,8,10-11H2,1-3H3. The monoisotopic (exact) mass is 276 g/mol. The maximum absolute atomic E-state index is 12.6. The third-order valence-corrected chi connectivity index (χ3v) is 3.86. The molecule has 1 N–H and O–H groups in total. The van der Waals surface area contributed by atoms with Crippen molar-refractivity contribution in [1.29, 1.82) is 0 Å². The van der Waals surface area contributed by atoms with E-state index in [2.05, 4.69) is 5.32 Å². The van der Waals surface area contributed by atoms with Crippen molar-refractivity contribution in [2.24, 2.45) is 5.92 Å². The van der Waals surface area contributed by atoms with Gasteiger partial charge in [-0.2, -0.15) is 0 Å². The van der Waals surface area contributed by atoms with E-state index >= 15 is 0 Å². The van der Waals surface area contributed by atoms with Gasteiger partial charge in [-0.05, 0) is 50.9 Å². The quantitative estimate of drug-likeness (QED) is 0.915. The van der Waals surface area contributed by atoms with E-state index in [9.17, 15) is 4.79 Å². The summed E-state index contributed by atoms with van der Waals surface area (Å²) in [5.74, 6) is 1.24. The van der Waals surface area contributed by atoms with Gasteiger partial charge >= 0.3 is 0 Å². The van der Waals surface area contributed by atoms with Crippen molar-refractivity contribution in [2.75, 3.05) is 33.8 Å². The molecule has 0 aromatic heterocycles. The minimum absolute atomic E-state index is 0.0381. The first kappa shape index (κ1) is 14.9. The fourth-order valence-electron chi connectivity index (χ4n) is 2.74. The lowest BCUT2D eigenvalue weighted by Crippen LogP contribution is -2.39. The number of aryl methyl sites for hydroxylation is 1. The molecule has 1 heterocycles. The normalized spacial score (nSPS) is 18.6.